The molecule has 0 aliphatic carbocycles. The molecular formula is C13H15F2NO2. The Morgan fingerprint density at radius 1 is 1.39 bits per heavy atom. The fraction of sp³-hybridized carbons (Fsp3) is 0.462. The van der Waals surface area contributed by atoms with Gasteiger partial charge in [0.1, 0.15) is 11.6 Å². The van der Waals surface area contributed by atoms with Gasteiger partial charge in [0, 0.05) is 5.56 Å². The first-order valence-corrected chi connectivity index (χ1v) is 5.88. The molecule has 1 fully saturated rings. The number of likely N-dealkylation sites (tertiary alicyclic amines) is 1. The number of halogens is 2. The molecule has 1 aliphatic rings. The Morgan fingerprint density at radius 3 is 2.44 bits per heavy atom. The lowest BCUT2D eigenvalue weighted by atomic mass is 9.91. The van der Waals surface area contributed by atoms with Crippen LogP contribution in [0.1, 0.15) is 18.9 Å². The summed E-state index contributed by atoms with van der Waals surface area (Å²) in [7, 11) is 0. The fourth-order valence-corrected chi connectivity index (χ4v) is 2.03. The predicted molar refractivity (Wildman–Crippen MR) is 61.9 cm³/mol. The Balaban J connectivity index is 2.01. The largest absolute Gasteiger partial charge is 0.386 e. The van der Waals surface area contributed by atoms with E-state index in [-0.39, 0.29) is 31.0 Å². The maximum Gasteiger partial charge on any atom is 0.227 e. The van der Waals surface area contributed by atoms with E-state index in [1.807, 2.05) is 6.92 Å². The first-order valence-electron chi connectivity index (χ1n) is 5.88. The number of nitrogens with zero attached hydrogens (tertiary/aromatic N) is 1. The molecule has 2 rings (SSSR count). The second-order valence-electron chi connectivity index (χ2n) is 4.70. The number of amides is 1. The molecule has 18 heavy (non-hydrogen) atoms. The van der Waals surface area contributed by atoms with Crippen molar-refractivity contribution in [3.05, 3.63) is 35.4 Å². The van der Waals surface area contributed by atoms with Crippen molar-refractivity contribution in [2.24, 2.45) is 0 Å². The number of β-amino-alcohol motifs (C(OH)–C–C–N with tert-alkyl or cyclic N) is 1. The van der Waals surface area contributed by atoms with Gasteiger partial charge in [-0.05, 0) is 18.6 Å². The molecule has 5 heteroatoms. The van der Waals surface area contributed by atoms with E-state index >= 15 is 0 Å². The van der Waals surface area contributed by atoms with Gasteiger partial charge < -0.3 is 10.0 Å². The molecule has 1 N–H and O–H groups in total. The molecule has 3 nitrogen and oxygen atoms in total. The van der Waals surface area contributed by atoms with Crippen molar-refractivity contribution in [2.75, 3.05) is 13.1 Å². The van der Waals surface area contributed by atoms with Gasteiger partial charge in [-0.3, -0.25) is 4.79 Å². The SMILES string of the molecule is CCC1(O)CN(C(=O)Cc2c(F)cccc2F)C1. The molecule has 0 bridgehead atoms. The minimum Gasteiger partial charge on any atom is -0.386 e. The number of rotatable bonds is 3. The van der Waals surface area contributed by atoms with Crippen LogP contribution in [0.15, 0.2) is 18.2 Å². The zero-order chi connectivity index (χ0) is 13.3. The maximum absolute atomic E-state index is 13.4. The molecule has 0 aromatic heterocycles. The third-order valence-corrected chi connectivity index (χ3v) is 3.37. The minimum atomic E-state index is -0.830. The van der Waals surface area contributed by atoms with Crippen molar-refractivity contribution in [1.29, 1.82) is 0 Å². The number of carbonyl (C=O) groups excluding carboxylic acids is 1. The molecule has 1 amide bonds. The summed E-state index contributed by atoms with van der Waals surface area (Å²) < 4.78 is 26.7. The van der Waals surface area contributed by atoms with Gasteiger partial charge >= 0.3 is 0 Å². The normalized spacial score (nSPS) is 17.4. The molecule has 1 aliphatic heterocycles. The maximum atomic E-state index is 13.4. The molecule has 98 valence electrons. The first kappa shape index (κ1) is 13.0. The lowest BCUT2D eigenvalue weighted by Crippen LogP contribution is -2.63. The zero-order valence-corrected chi connectivity index (χ0v) is 10.1. The second-order valence-corrected chi connectivity index (χ2v) is 4.70. The Labute approximate surface area is 104 Å². The number of carbonyl (C=O) groups is 1. The highest BCUT2D eigenvalue weighted by Gasteiger charge is 2.41. The summed E-state index contributed by atoms with van der Waals surface area (Å²) in [4.78, 5) is 13.2. The summed E-state index contributed by atoms with van der Waals surface area (Å²) >= 11 is 0. The summed E-state index contributed by atoms with van der Waals surface area (Å²) in [5.74, 6) is -1.79. The molecule has 1 saturated heterocycles. The highest BCUT2D eigenvalue weighted by Crippen LogP contribution is 2.25. The summed E-state index contributed by atoms with van der Waals surface area (Å²) in [5.41, 5.74) is -1.04. The molecular weight excluding hydrogens is 240 g/mol. The quantitative estimate of drug-likeness (QED) is 0.889. The highest BCUT2D eigenvalue weighted by atomic mass is 19.1. The number of benzene rings is 1. The Hall–Kier alpha value is -1.49. The van der Waals surface area contributed by atoms with Crippen molar-refractivity contribution in [3.63, 3.8) is 0 Å². The summed E-state index contributed by atoms with van der Waals surface area (Å²) in [6, 6.07) is 3.52. The van der Waals surface area contributed by atoms with Gasteiger partial charge in [-0.2, -0.15) is 0 Å². The first-order chi connectivity index (χ1) is 8.45. The van der Waals surface area contributed by atoms with Crippen LogP contribution in [0.3, 0.4) is 0 Å². The standard InChI is InChI=1S/C13H15F2NO2/c1-2-13(18)7-16(8-13)12(17)6-9-10(14)4-3-5-11(9)15/h3-5,18H,2,6-8H2,1H3. The number of hydrogen-bond donors (Lipinski definition) is 1. The van der Waals surface area contributed by atoms with Crippen LogP contribution < -0.4 is 0 Å². The van der Waals surface area contributed by atoms with Crippen LogP contribution in [-0.4, -0.2) is 34.6 Å². The Kier molecular flexibility index (Phi) is 3.34. The average Bonchev–Trinajstić information content (AvgIpc) is 2.29. The Bertz CT molecular complexity index is 450. The van der Waals surface area contributed by atoms with Gasteiger partial charge in [0.15, 0.2) is 0 Å². The van der Waals surface area contributed by atoms with Crippen molar-refractivity contribution in [2.45, 2.75) is 25.4 Å². The van der Waals surface area contributed by atoms with Crippen molar-refractivity contribution < 1.29 is 18.7 Å². The van der Waals surface area contributed by atoms with Gasteiger partial charge in [-0.1, -0.05) is 13.0 Å². The smallest absolute Gasteiger partial charge is 0.227 e. The molecule has 0 spiro atoms. The Morgan fingerprint density at radius 2 is 1.94 bits per heavy atom. The van der Waals surface area contributed by atoms with Crippen LogP contribution in [0.25, 0.3) is 0 Å². The van der Waals surface area contributed by atoms with Gasteiger partial charge in [-0.25, -0.2) is 8.78 Å². The molecule has 0 unspecified atom stereocenters. The van der Waals surface area contributed by atoms with E-state index in [2.05, 4.69) is 0 Å². The number of aliphatic hydroxyl groups is 1. The van der Waals surface area contributed by atoms with Gasteiger partial charge in [-0.15, -0.1) is 0 Å². The molecule has 0 radical (unpaired) electrons. The third-order valence-electron chi connectivity index (χ3n) is 3.37. The molecule has 0 atom stereocenters. The summed E-state index contributed by atoms with van der Waals surface area (Å²) in [5, 5.41) is 9.77. The predicted octanol–water partition coefficient (Wildman–Crippen LogP) is 1.49. The van der Waals surface area contributed by atoms with Crippen LogP contribution >= 0.6 is 0 Å². The van der Waals surface area contributed by atoms with Crippen LogP contribution in [0.2, 0.25) is 0 Å². The van der Waals surface area contributed by atoms with E-state index in [9.17, 15) is 18.7 Å². The summed E-state index contributed by atoms with van der Waals surface area (Å²) in [6.45, 7) is 2.30. The summed E-state index contributed by atoms with van der Waals surface area (Å²) in [6.07, 6.45) is 0.253. The van der Waals surface area contributed by atoms with Gasteiger partial charge in [0.25, 0.3) is 0 Å². The minimum absolute atomic E-state index is 0.213. The van der Waals surface area contributed by atoms with E-state index in [1.165, 1.54) is 11.0 Å². The van der Waals surface area contributed by atoms with E-state index in [0.29, 0.717) is 6.42 Å². The lowest BCUT2D eigenvalue weighted by molar-refractivity contribution is -0.155. The average molecular weight is 255 g/mol. The number of hydrogen-bond acceptors (Lipinski definition) is 2. The van der Waals surface area contributed by atoms with Crippen molar-refractivity contribution in [3.8, 4) is 0 Å². The van der Waals surface area contributed by atoms with Crippen molar-refractivity contribution in [1.82, 2.24) is 4.90 Å². The molecule has 0 saturated carbocycles. The van der Waals surface area contributed by atoms with Gasteiger partial charge in [0.2, 0.25) is 5.91 Å². The monoisotopic (exact) mass is 255 g/mol. The van der Waals surface area contributed by atoms with Crippen LogP contribution in [-0.2, 0) is 11.2 Å². The van der Waals surface area contributed by atoms with E-state index in [4.69, 9.17) is 0 Å². The van der Waals surface area contributed by atoms with Crippen LogP contribution in [0.4, 0.5) is 8.78 Å². The second kappa shape index (κ2) is 4.65. The van der Waals surface area contributed by atoms with Gasteiger partial charge in [0.05, 0.1) is 25.1 Å². The topological polar surface area (TPSA) is 40.5 Å². The van der Waals surface area contributed by atoms with Crippen LogP contribution in [0.5, 0.6) is 0 Å². The molecule has 1 aromatic rings. The third kappa shape index (κ3) is 2.36. The molecule has 1 aromatic carbocycles. The highest BCUT2D eigenvalue weighted by molar-refractivity contribution is 5.80. The fourth-order valence-electron chi connectivity index (χ4n) is 2.03. The van der Waals surface area contributed by atoms with E-state index in [1.54, 1.807) is 0 Å². The van der Waals surface area contributed by atoms with Crippen molar-refractivity contribution >= 4 is 5.91 Å². The lowest BCUT2D eigenvalue weighted by Gasteiger charge is -2.46. The zero-order valence-electron chi connectivity index (χ0n) is 10.1. The van der Waals surface area contributed by atoms with E-state index < -0.39 is 17.2 Å². The van der Waals surface area contributed by atoms with E-state index in [0.717, 1.165) is 12.1 Å². The van der Waals surface area contributed by atoms with Crippen LogP contribution in [0, 0.1) is 11.6 Å². The molecule has 1 heterocycles.